The van der Waals surface area contributed by atoms with E-state index < -0.39 is 10.8 Å². The van der Waals surface area contributed by atoms with Gasteiger partial charge in [-0.15, -0.1) is 0 Å². The maximum atomic E-state index is 11.3. The molecule has 6 heteroatoms. The van der Waals surface area contributed by atoms with Crippen molar-refractivity contribution in [3.63, 3.8) is 0 Å². The van der Waals surface area contributed by atoms with Crippen molar-refractivity contribution in [1.29, 1.82) is 0 Å². The van der Waals surface area contributed by atoms with E-state index in [0.29, 0.717) is 5.75 Å². The molecule has 1 heterocycles. The lowest BCUT2D eigenvalue weighted by Gasteiger charge is -2.24. The van der Waals surface area contributed by atoms with Gasteiger partial charge in [0.25, 0.3) is 0 Å². The van der Waals surface area contributed by atoms with Crippen molar-refractivity contribution in [2.75, 3.05) is 25.8 Å². The summed E-state index contributed by atoms with van der Waals surface area (Å²) in [5, 5.41) is 0. The Morgan fingerprint density at radius 1 is 1.42 bits per heavy atom. The highest BCUT2D eigenvalue weighted by Crippen LogP contribution is 2.37. The van der Waals surface area contributed by atoms with Gasteiger partial charge in [-0.2, -0.15) is 0 Å². The molecule has 4 nitrogen and oxygen atoms in total. The summed E-state index contributed by atoms with van der Waals surface area (Å²) in [6.45, 7) is 3.14. The first-order chi connectivity index (χ1) is 8.97. The fourth-order valence-electron chi connectivity index (χ4n) is 1.97. The van der Waals surface area contributed by atoms with Gasteiger partial charge >= 0.3 is 0 Å². The number of hydrogen-bond donors (Lipinski definition) is 0. The van der Waals surface area contributed by atoms with Gasteiger partial charge < -0.3 is 9.47 Å². The molecular weight excluding hydrogens is 330 g/mol. The van der Waals surface area contributed by atoms with Crippen LogP contribution in [0.15, 0.2) is 16.6 Å². The summed E-state index contributed by atoms with van der Waals surface area (Å²) in [7, 11) is 1.26. The van der Waals surface area contributed by atoms with Crippen LogP contribution < -0.4 is 9.47 Å². The van der Waals surface area contributed by atoms with Crippen LogP contribution in [0.5, 0.6) is 11.5 Å². The fraction of sp³-hybridized carbons (Fsp3) is 0.538. The first-order valence-electron chi connectivity index (χ1n) is 6.05. The molecule has 0 aromatic heterocycles. The van der Waals surface area contributed by atoms with Crippen LogP contribution in [0.1, 0.15) is 12.5 Å². The molecule has 1 aliphatic heterocycles. The Labute approximate surface area is 124 Å². The highest BCUT2D eigenvalue weighted by atomic mass is 79.9. The molecule has 1 aliphatic rings. The molecule has 0 saturated heterocycles. The predicted molar refractivity (Wildman–Crippen MR) is 80.1 cm³/mol. The molecule has 19 heavy (non-hydrogen) atoms. The van der Waals surface area contributed by atoms with Gasteiger partial charge in [0.1, 0.15) is 0 Å². The Morgan fingerprint density at radius 3 is 2.68 bits per heavy atom. The van der Waals surface area contributed by atoms with Crippen molar-refractivity contribution in [3.8, 4) is 11.5 Å². The minimum absolute atomic E-state index is 0.267. The zero-order valence-electron chi connectivity index (χ0n) is 11.3. The van der Waals surface area contributed by atoms with Gasteiger partial charge in [-0.25, -0.2) is 0 Å². The minimum atomic E-state index is -0.777. The monoisotopic (exact) mass is 347 g/mol. The van der Waals surface area contributed by atoms with Crippen molar-refractivity contribution >= 4 is 26.7 Å². The summed E-state index contributed by atoms with van der Waals surface area (Å²) >= 11 is 3.56. The first kappa shape index (κ1) is 14.8. The number of ether oxygens (including phenoxy) is 2. The molecule has 0 N–H and O–H groups in total. The molecule has 0 radical (unpaired) electrons. The van der Waals surface area contributed by atoms with Crippen molar-refractivity contribution < 1.29 is 13.7 Å². The van der Waals surface area contributed by atoms with Gasteiger partial charge in [0.2, 0.25) is 6.79 Å². The second-order valence-corrected chi connectivity index (χ2v) is 7.13. The molecule has 1 aromatic carbocycles. The number of halogens is 1. The molecule has 106 valence electrons. The first-order valence-corrected chi connectivity index (χ1v) is 8.57. The van der Waals surface area contributed by atoms with Crippen LogP contribution in [0.2, 0.25) is 0 Å². The highest BCUT2D eigenvalue weighted by molar-refractivity contribution is 9.10. The number of hydrogen-bond acceptors (Lipinski definition) is 4. The quantitative estimate of drug-likeness (QED) is 0.819. The zero-order valence-corrected chi connectivity index (χ0v) is 13.7. The molecular formula is C13H18BrNO3S. The second kappa shape index (κ2) is 6.24. The molecule has 2 atom stereocenters. The SMILES string of the molecule is CC(CS(C)=O)N(C)Cc1cc2c(cc1Br)OCO2. The third-order valence-electron chi connectivity index (χ3n) is 3.19. The van der Waals surface area contributed by atoms with Gasteiger partial charge in [0.05, 0.1) is 0 Å². The largest absolute Gasteiger partial charge is 0.454 e. The molecule has 2 unspecified atom stereocenters. The molecule has 0 saturated carbocycles. The zero-order chi connectivity index (χ0) is 14.0. The molecule has 0 spiro atoms. The Morgan fingerprint density at radius 2 is 2.05 bits per heavy atom. The lowest BCUT2D eigenvalue weighted by atomic mass is 10.1. The van der Waals surface area contributed by atoms with Crippen LogP contribution in [0.25, 0.3) is 0 Å². The third kappa shape index (κ3) is 3.70. The van der Waals surface area contributed by atoms with Crippen molar-refractivity contribution in [1.82, 2.24) is 4.90 Å². The van der Waals surface area contributed by atoms with E-state index in [1.807, 2.05) is 19.2 Å². The Kier molecular flexibility index (Phi) is 4.86. The van der Waals surface area contributed by atoms with Crippen LogP contribution in [0.4, 0.5) is 0 Å². The van der Waals surface area contributed by atoms with E-state index in [9.17, 15) is 4.21 Å². The van der Waals surface area contributed by atoms with Crippen molar-refractivity contribution in [2.24, 2.45) is 0 Å². The molecule has 0 fully saturated rings. The van der Waals surface area contributed by atoms with Crippen LogP contribution in [-0.2, 0) is 17.3 Å². The van der Waals surface area contributed by atoms with E-state index in [2.05, 4.69) is 27.8 Å². The molecule has 0 bridgehead atoms. The maximum Gasteiger partial charge on any atom is 0.231 e. The van der Waals surface area contributed by atoms with Crippen LogP contribution in [-0.4, -0.2) is 41.0 Å². The number of rotatable bonds is 5. The van der Waals surface area contributed by atoms with E-state index >= 15 is 0 Å². The summed E-state index contributed by atoms with van der Waals surface area (Å²) in [6, 6.07) is 4.20. The van der Waals surface area contributed by atoms with E-state index in [4.69, 9.17) is 9.47 Å². The molecule has 0 aliphatic carbocycles. The average molecular weight is 348 g/mol. The molecule has 2 rings (SSSR count). The van der Waals surface area contributed by atoms with E-state index in [1.54, 1.807) is 6.26 Å². The van der Waals surface area contributed by atoms with Crippen LogP contribution in [0, 0.1) is 0 Å². The normalized spacial score (nSPS) is 16.7. The Balaban J connectivity index is 2.08. The van der Waals surface area contributed by atoms with Crippen molar-refractivity contribution in [3.05, 3.63) is 22.2 Å². The molecule has 0 amide bonds. The Hall–Kier alpha value is -0.590. The van der Waals surface area contributed by atoms with Gasteiger partial charge in [0, 0.05) is 39.9 Å². The Bertz CT molecular complexity index is 495. The fourth-order valence-corrected chi connectivity index (χ4v) is 3.35. The number of fused-ring (bicyclic) bond motifs is 1. The standard InChI is InChI=1S/C13H18BrNO3S/c1-9(7-19(3)16)15(2)6-10-4-12-13(5-11(10)14)18-8-17-12/h4-5,9H,6-8H2,1-3H3. The van der Waals surface area contributed by atoms with Crippen LogP contribution in [0.3, 0.4) is 0 Å². The third-order valence-corrected chi connectivity index (χ3v) is 4.88. The van der Waals surface area contributed by atoms with Crippen molar-refractivity contribution in [2.45, 2.75) is 19.5 Å². The van der Waals surface area contributed by atoms with Gasteiger partial charge in [0.15, 0.2) is 11.5 Å². The number of nitrogens with zero attached hydrogens (tertiary/aromatic N) is 1. The van der Waals surface area contributed by atoms with Gasteiger partial charge in [-0.05, 0) is 31.7 Å². The summed E-state index contributed by atoms with van der Waals surface area (Å²) in [5.74, 6) is 2.25. The van der Waals surface area contributed by atoms with Gasteiger partial charge in [-0.3, -0.25) is 9.11 Å². The van der Waals surface area contributed by atoms with Gasteiger partial charge in [-0.1, -0.05) is 15.9 Å². The lowest BCUT2D eigenvalue weighted by Crippen LogP contribution is -2.33. The summed E-state index contributed by atoms with van der Waals surface area (Å²) < 4.78 is 23.0. The summed E-state index contributed by atoms with van der Waals surface area (Å²) in [5.41, 5.74) is 1.14. The van der Waals surface area contributed by atoms with E-state index in [0.717, 1.165) is 28.1 Å². The second-order valence-electron chi connectivity index (χ2n) is 4.80. The highest BCUT2D eigenvalue weighted by Gasteiger charge is 2.18. The van der Waals surface area contributed by atoms with E-state index in [-0.39, 0.29) is 12.8 Å². The number of benzene rings is 1. The average Bonchev–Trinajstić information content (AvgIpc) is 2.75. The lowest BCUT2D eigenvalue weighted by molar-refractivity contribution is 0.174. The predicted octanol–water partition coefficient (Wildman–Crippen LogP) is 2.38. The topological polar surface area (TPSA) is 38.8 Å². The summed E-state index contributed by atoms with van der Waals surface area (Å²) in [4.78, 5) is 2.18. The maximum absolute atomic E-state index is 11.3. The smallest absolute Gasteiger partial charge is 0.231 e. The van der Waals surface area contributed by atoms with E-state index in [1.165, 1.54) is 0 Å². The van der Waals surface area contributed by atoms with Crippen LogP contribution >= 0.6 is 15.9 Å². The summed E-state index contributed by atoms with van der Waals surface area (Å²) in [6.07, 6.45) is 1.74. The molecule has 1 aromatic rings. The minimum Gasteiger partial charge on any atom is -0.454 e.